The third-order valence-corrected chi connectivity index (χ3v) is 2.36. The Bertz CT molecular complexity index is 196. The first-order valence-corrected chi connectivity index (χ1v) is 5.02. The molecule has 5 nitrogen and oxygen atoms in total. The third-order valence-electron chi connectivity index (χ3n) is 2.36. The molecule has 0 aromatic carbocycles. The lowest BCUT2D eigenvalue weighted by molar-refractivity contribution is -0.0182. The SMILES string of the molecule is CC1CN(CCC/C(N)=N/O)CCO1. The quantitative estimate of drug-likeness (QED) is 0.296. The van der Waals surface area contributed by atoms with Crippen molar-refractivity contribution in [1.29, 1.82) is 0 Å². The van der Waals surface area contributed by atoms with Crippen molar-refractivity contribution in [3.63, 3.8) is 0 Å². The van der Waals surface area contributed by atoms with E-state index in [0.29, 0.717) is 18.4 Å². The molecule has 3 N–H and O–H groups in total. The fourth-order valence-electron chi connectivity index (χ4n) is 1.63. The Balaban J connectivity index is 2.11. The zero-order valence-corrected chi connectivity index (χ0v) is 8.65. The number of hydrogen-bond donors (Lipinski definition) is 2. The first-order chi connectivity index (χ1) is 6.72. The molecule has 0 saturated carbocycles. The van der Waals surface area contributed by atoms with Crippen LogP contribution in [0, 0.1) is 0 Å². The van der Waals surface area contributed by atoms with Crippen LogP contribution in [0.5, 0.6) is 0 Å². The van der Waals surface area contributed by atoms with Crippen molar-refractivity contribution in [2.75, 3.05) is 26.2 Å². The van der Waals surface area contributed by atoms with Crippen molar-refractivity contribution >= 4 is 5.84 Å². The van der Waals surface area contributed by atoms with Crippen molar-refractivity contribution < 1.29 is 9.94 Å². The Kier molecular flexibility index (Phi) is 4.69. The zero-order chi connectivity index (χ0) is 10.4. The topological polar surface area (TPSA) is 71.1 Å². The number of nitrogens with zero attached hydrogens (tertiary/aromatic N) is 2. The molecule has 0 aromatic heterocycles. The molecule has 0 radical (unpaired) electrons. The molecule has 1 rings (SSSR count). The van der Waals surface area contributed by atoms with Gasteiger partial charge in [0.2, 0.25) is 0 Å². The molecular formula is C9H19N3O2. The van der Waals surface area contributed by atoms with E-state index < -0.39 is 0 Å². The Morgan fingerprint density at radius 1 is 1.71 bits per heavy atom. The van der Waals surface area contributed by atoms with E-state index in [-0.39, 0.29) is 0 Å². The van der Waals surface area contributed by atoms with Gasteiger partial charge in [0.25, 0.3) is 0 Å². The smallest absolute Gasteiger partial charge is 0.139 e. The minimum atomic E-state index is 0.311. The van der Waals surface area contributed by atoms with E-state index in [2.05, 4.69) is 17.0 Å². The van der Waals surface area contributed by atoms with Crippen molar-refractivity contribution in [3.8, 4) is 0 Å². The number of morpholine rings is 1. The van der Waals surface area contributed by atoms with Crippen LogP contribution >= 0.6 is 0 Å². The van der Waals surface area contributed by atoms with Crippen LogP contribution in [0.25, 0.3) is 0 Å². The van der Waals surface area contributed by atoms with Crippen LogP contribution < -0.4 is 5.73 Å². The number of oxime groups is 1. The minimum Gasteiger partial charge on any atom is -0.409 e. The molecule has 1 aliphatic heterocycles. The molecule has 1 heterocycles. The van der Waals surface area contributed by atoms with Gasteiger partial charge in [0, 0.05) is 19.5 Å². The lowest BCUT2D eigenvalue weighted by Crippen LogP contribution is -2.41. The summed E-state index contributed by atoms with van der Waals surface area (Å²) in [6.45, 7) is 5.85. The number of amidine groups is 1. The lowest BCUT2D eigenvalue weighted by atomic mass is 10.2. The van der Waals surface area contributed by atoms with E-state index in [1.54, 1.807) is 0 Å². The largest absolute Gasteiger partial charge is 0.409 e. The van der Waals surface area contributed by atoms with E-state index in [1.165, 1.54) is 0 Å². The molecule has 0 bridgehead atoms. The summed E-state index contributed by atoms with van der Waals surface area (Å²) in [5, 5.41) is 11.3. The molecular weight excluding hydrogens is 182 g/mol. The molecule has 82 valence electrons. The zero-order valence-electron chi connectivity index (χ0n) is 8.65. The molecule has 1 aliphatic rings. The highest BCUT2D eigenvalue weighted by molar-refractivity contribution is 5.79. The molecule has 1 atom stereocenters. The normalized spacial score (nSPS) is 25.2. The molecule has 1 unspecified atom stereocenters. The Labute approximate surface area is 84.5 Å². The lowest BCUT2D eigenvalue weighted by Gasteiger charge is -2.30. The standard InChI is InChI=1S/C9H19N3O2/c1-8-7-12(5-6-14-8)4-2-3-9(10)11-13/h8,13H,2-7H2,1H3,(H2,10,11). The van der Waals surface area contributed by atoms with Gasteiger partial charge in [-0.25, -0.2) is 0 Å². The summed E-state index contributed by atoms with van der Waals surface area (Å²) in [4.78, 5) is 2.35. The number of nitrogens with two attached hydrogens (primary N) is 1. The van der Waals surface area contributed by atoms with Crippen LogP contribution in [-0.4, -0.2) is 48.3 Å². The summed E-state index contributed by atoms with van der Waals surface area (Å²) in [7, 11) is 0. The van der Waals surface area contributed by atoms with Crippen LogP contribution in [0.3, 0.4) is 0 Å². The van der Waals surface area contributed by atoms with Crippen molar-refractivity contribution in [3.05, 3.63) is 0 Å². The second-order valence-corrected chi connectivity index (χ2v) is 3.68. The molecule has 0 aliphatic carbocycles. The molecule has 5 heteroatoms. The third kappa shape index (κ3) is 3.93. The highest BCUT2D eigenvalue weighted by Crippen LogP contribution is 2.05. The Morgan fingerprint density at radius 2 is 2.50 bits per heavy atom. The minimum absolute atomic E-state index is 0.311. The van der Waals surface area contributed by atoms with E-state index in [9.17, 15) is 0 Å². The maximum Gasteiger partial charge on any atom is 0.139 e. The van der Waals surface area contributed by atoms with Crippen molar-refractivity contribution in [2.45, 2.75) is 25.9 Å². The van der Waals surface area contributed by atoms with Crippen molar-refractivity contribution in [1.82, 2.24) is 4.90 Å². The second-order valence-electron chi connectivity index (χ2n) is 3.68. The number of ether oxygens (including phenoxy) is 1. The fourth-order valence-corrected chi connectivity index (χ4v) is 1.63. The van der Waals surface area contributed by atoms with Crippen LogP contribution in [0.4, 0.5) is 0 Å². The van der Waals surface area contributed by atoms with Gasteiger partial charge in [-0.1, -0.05) is 5.16 Å². The van der Waals surface area contributed by atoms with E-state index in [1.807, 2.05) is 0 Å². The van der Waals surface area contributed by atoms with Gasteiger partial charge in [0.15, 0.2) is 0 Å². The predicted octanol–water partition coefficient (Wildman–Crippen LogP) is 0.234. The monoisotopic (exact) mass is 201 g/mol. The van der Waals surface area contributed by atoms with E-state index in [4.69, 9.17) is 15.7 Å². The molecule has 1 fully saturated rings. The average molecular weight is 201 g/mol. The van der Waals surface area contributed by atoms with Gasteiger partial charge in [-0.2, -0.15) is 0 Å². The molecule has 1 saturated heterocycles. The summed E-state index contributed by atoms with van der Waals surface area (Å²) >= 11 is 0. The highest BCUT2D eigenvalue weighted by Gasteiger charge is 2.15. The molecule has 0 aromatic rings. The number of hydrogen-bond acceptors (Lipinski definition) is 4. The summed E-state index contributed by atoms with van der Waals surface area (Å²) in [5.74, 6) is 0.311. The summed E-state index contributed by atoms with van der Waals surface area (Å²) in [6.07, 6.45) is 1.91. The van der Waals surface area contributed by atoms with Gasteiger partial charge in [-0.15, -0.1) is 0 Å². The van der Waals surface area contributed by atoms with E-state index >= 15 is 0 Å². The van der Waals surface area contributed by atoms with Crippen LogP contribution in [0.2, 0.25) is 0 Å². The van der Waals surface area contributed by atoms with Crippen LogP contribution in [0.1, 0.15) is 19.8 Å². The second kappa shape index (κ2) is 5.82. The summed E-state index contributed by atoms with van der Waals surface area (Å²) in [6, 6.07) is 0. The number of rotatable bonds is 4. The van der Waals surface area contributed by atoms with Crippen molar-refractivity contribution in [2.24, 2.45) is 10.9 Å². The van der Waals surface area contributed by atoms with Crippen LogP contribution in [-0.2, 0) is 4.74 Å². The van der Waals surface area contributed by atoms with Gasteiger partial charge in [-0.3, -0.25) is 4.90 Å². The fraction of sp³-hybridized carbons (Fsp3) is 0.889. The maximum absolute atomic E-state index is 8.34. The Morgan fingerprint density at radius 3 is 3.14 bits per heavy atom. The molecule has 0 spiro atoms. The van der Waals surface area contributed by atoms with Gasteiger partial charge in [0.05, 0.1) is 12.7 Å². The maximum atomic E-state index is 8.34. The first kappa shape index (κ1) is 11.3. The van der Waals surface area contributed by atoms with Gasteiger partial charge in [0.1, 0.15) is 5.84 Å². The Hall–Kier alpha value is -0.810. The van der Waals surface area contributed by atoms with Crippen LogP contribution in [0.15, 0.2) is 5.16 Å². The van der Waals surface area contributed by atoms with E-state index in [0.717, 1.165) is 32.7 Å². The molecule has 0 amide bonds. The summed E-state index contributed by atoms with van der Waals surface area (Å²) in [5.41, 5.74) is 5.37. The highest BCUT2D eigenvalue weighted by atomic mass is 16.5. The summed E-state index contributed by atoms with van der Waals surface area (Å²) < 4.78 is 5.43. The predicted molar refractivity (Wildman–Crippen MR) is 54.5 cm³/mol. The van der Waals surface area contributed by atoms with Gasteiger partial charge >= 0.3 is 0 Å². The average Bonchev–Trinajstić information content (AvgIpc) is 2.17. The molecule has 14 heavy (non-hydrogen) atoms. The van der Waals surface area contributed by atoms with Gasteiger partial charge in [-0.05, 0) is 19.9 Å². The van der Waals surface area contributed by atoms with Gasteiger partial charge < -0.3 is 15.7 Å². The first-order valence-electron chi connectivity index (χ1n) is 5.02.